The molecule has 1 N–H and O–H groups in total. The van der Waals surface area contributed by atoms with Crippen molar-refractivity contribution in [1.29, 1.82) is 0 Å². The zero-order chi connectivity index (χ0) is 15.4. The average Bonchev–Trinajstić information content (AvgIpc) is 2.85. The highest BCUT2D eigenvalue weighted by atomic mass is 32.2. The van der Waals surface area contributed by atoms with Gasteiger partial charge in [0.25, 0.3) is 0 Å². The lowest BCUT2D eigenvalue weighted by molar-refractivity contribution is -0.127. The molecule has 1 unspecified atom stereocenters. The van der Waals surface area contributed by atoms with Gasteiger partial charge in [-0.05, 0) is 39.5 Å². The second-order valence-electron chi connectivity index (χ2n) is 5.94. The number of nitrogens with zero attached hydrogens (tertiary/aromatic N) is 3. The largest absolute Gasteiger partial charge is 0.350 e. The second-order valence-corrected chi connectivity index (χ2v) is 6.71. The molecule has 6 heteroatoms. The van der Waals surface area contributed by atoms with Crippen LogP contribution in [0.4, 0.5) is 0 Å². The number of rotatable bonds is 5. The normalized spacial score (nSPS) is 20.0. The van der Waals surface area contributed by atoms with Crippen LogP contribution >= 0.6 is 11.8 Å². The van der Waals surface area contributed by atoms with Crippen molar-refractivity contribution in [2.75, 3.05) is 19.3 Å². The molecule has 21 heavy (non-hydrogen) atoms. The Morgan fingerprint density at radius 2 is 2.33 bits per heavy atom. The molecule has 0 aliphatic carbocycles. The van der Waals surface area contributed by atoms with E-state index in [0.717, 1.165) is 36.8 Å². The van der Waals surface area contributed by atoms with Gasteiger partial charge in [-0.2, -0.15) is 0 Å². The Bertz CT molecular complexity index is 486. The van der Waals surface area contributed by atoms with Gasteiger partial charge >= 0.3 is 0 Å². The topological polar surface area (TPSA) is 50.2 Å². The van der Waals surface area contributed by atoms with Crippen molar-refractivity contribution in [3.05, 3.63) is 11.9 Å². The molecule has 0 radical (unpaired) electrons. The zero-order valence-corrected chi connectivity index (χ0v) is 14.2. The maximum atomic E-state index is 12.4. The van der Waals surface area contributed by atoms with Gasteiger partial charge < -0.3 is 14.8 Å². The first-order chi connectivity index (χ1) is 10.0. The number of hydrogen-bond acceptors (Lipinski definition) is 4. The van der Waals surface area contributed by atoms with Gasteiger partial charge in [0.05, 0.1) is 24.4 Å². The van der Waals surface area contributed by atoms with Crippen molar-refractivity contribution >= 4 is 17.7 Å². The zero-order valence-electron chi connectivity index (χ0n) is 13.4. The third-order valence-corrected chi connectivity index (χ3v) is 4.97. The molecule has 2 heterocycles. The summed E-state index contributed by atoms with van der Waals surface area (Å²) in [6.45, 7) is 6.94. The summed E-state index contributed by atoms with van der Waals surface area (Å²) in [6, 6.07) is 0.516. The van der Waals surface area contributed by atoms with E-state index in [4.69, 9.17) is 0 Å². The Morgan fingerprint density at radius 1 is 1.57 bits per heavy atom. The van der Waals surface area contributed by atoms with Crippen molar-refractivity contribution in [2.24, 2.45) is 13.0 Å². The molecule has 0 saturated carbocycles. The Kier molecular flexibility index (Phi) is 5.70. The molecule has 1 atom stereocenters. The summed E-state index contributed by atoms with van der Waals surface area (Å²) in [5.41, 5.74) is 1.05. The summed E-state index contributed by atoms with van der Waals surface area (Å²) in [5, 5.41) is 4.05. The van der Waals surface area contributed by atoms with E-state index in [2.05, 4.69) is 29.0 Å². The molecule has 0 aromatic carbocycles. The molecule has 5 nitrogen and oxygen atoms in total. The van der Waals surface area contributed by atoms with Crippen LogP contribution in [0.2, 0.25) is 0 Å². The van der Waals surface area contributed by atoms with E-state index in [1.54, 1.807) is 11.8 Å². The summed E-state index contributed by atoms with van der Waals surface area (Å²) in [4.78, 5) is 19.1. The van der Waals surface area contributed by atoms with E-state index >= 15 is 0 Å². The van der Waals surface area contributed by atoms with E-state index < -0.39 is 0 Å². The first-order valence-electron chi connectivity index (χ1n) is 7.59. The lowest BCUT2D eigenvalue weighted by Crippen LogP contribution is -2.45. The quantitative estimate of drug-likeness (QED) is 0.844. The predicted molar refractivity (Wildman–Crippen MR) is 86.3 cm³/mol. The van der Waals surface area contributed by atoms with Gasteiger partial charge in [0.1, 0.15) is 0 Å². The lowest BCUT2D eigenvalue weighted by Gasteiger charge is -2.34. The molecule has 2 rings (SSSR count). The summed E-state index contributed by atoms with van der Waals surface area (Å²) in [7, 11) is 1.99. The van der Waals surface area contributed by atoms with Crippen LogP contribution < -0.4 is 5.32 Å². The van der Waals surface area contributed by atoms with Gasteiger partial charge in [-0.25, -0.2) is 4.98 Å². The van der Waals surface area contributed by atoms with Crippen LogP contribution in [-0.2, 0) is 18.4 Å². The minimum absolute atomic E-state index is 0.120. The fraction of sp³-hybridized carbons (Fsp3) is 0.733. The first kappa shape index (κ1) is 16.4. The SMILES string of the molecule is CSc1ncc(CNC(=O)C2CCCN(C(C)C)C2)n1C. The van der Waals surface area contributed by atoms with Crippen LogP contribution in [-0.4, -0.2) is 45.7 Å². The van der Waals surface area contributed by atoms with Gasteiger partial charge in [-0.1, -0.05) is 11.8 Å². The number of likely N-dealkylation sites (tertiary alicyclic amines) is 1. The molecule has 1 aromatic rings. The monoisotopic (exact) mass is 310 g/mol. The predicted octanol–water partition coefficient (Wildman–Crippen LogP) is 1.88. The van der Waals surface area contributed by atoms with E-state index in [-0.39, 0.29) is 11.8 Å². The molecule has 1 amide bonds. The van der Waals surface area contributed by atoms with Gasteiger partial charge in [-0.3, -0.25) is 4.79 Å². The first-order valence-corrected chi connectivity index (χ1v) is 8.81. The molecule has 1 aliphatic heterocycles. The highest BCUT2D eigenvalue weighted by molar-refractivity contribution is 7.98. The smallest absolute Gasteiger partial charge is 0.224 e. The van der Waals surface area contributed by atoms with Crippen molar-refractivity contribution in [2.45, 2.75) is 44.4 Å². The van der Waals surface area contributed by atoms with Gasteiger partial charge in [-0.15, -0.1) is 0 Å². The van der Waals surface area contributed by atoms with Crippen molar-refractivity contribution in [3.63, 3.8) is 0 Å². The maximum Gasteiger partial charge on any atom is 0.224 e. The van der Waals surface area contributed by atoms with Crippen LogP contribution in [0.15, 0.2) is 11.4 Å². The van der Waals surface area contributed by atoms with Crippen LogP contribution in [0.1, 0.15) is 32.4 Å². The third-order valence-electron chi connectivity index (χ3n) is 4.22. The molecular formula is C15H26N4OS. The highest BCUT2D eigenvalue weighted by Crippen LogP contribution is 2.19. The van der Waals surface area contributed by atoms with E-state index in [1.807, 2.05) is 24.1 Å². The Morgan fingerprint density at radius 3 is 2.95 bits per heavy atom. The minimum Gasteiger partial charge on any atom is -0.350 e. The van der Waals surface area contributed by atoms with Crippen LogP contribution in [0.3, 0.4) is 0 Å². The second kappa shape index (κ2) is 7.31. The van der Waals surface area contributed by atoms with Crippen LogP contribution in [0, 0.1) is 5.92 Å². The fourth-order valence-electron chi connectivity index (χ4n) is 2.79. The lowest BCUT2D eigenvalue weighted by atomic mass is 9.96. The van der Waals surface area contributed by atoms with E-state index in [0.29, 0.717) is 12.6 Å². The number of nitrogens with one attached hydrogen (secondary N) is 1. The molecule has 1 saturated heterocycles. The summed E-state index contributed by atoms with van der Waals surface area (Å²) in [5.74, 6) is 0.293. The number of piperidine rings is 1. The van der Waals surface area contributed by atoms with Crippen molar-refractivity contribution in [1.82, 2.24) is 19.8 Å². The standard InChI is InChI=1S/C15H26N4OS/c1-11(2)19-7-5-6-12(10-19)14(20)16-8-13-9-17-15(21-4)18(13)3/h9,11-12H,5-8,10H2,1-4H3,(H,16,20). The summed E-state index contributed by atoms with van der Waals surface area (Å²) in [6.07, 6.45) is 5.95. The van der Waals surface area contributed by atoms with Gasteiger partial charge in [0.15, 0.2) is 5.16 Å². The summed E-state index contributed by atoms with van der Waals surface area (Å²) >= 11 is 1.61. The number of aromatic nitrogens is 2. The van der Waals surface area contributed by atoms with Gasteiger partial charge in [0.2, 0.25) is 5.91 Å². The van der Waals surface area contributed by atoms with E-state index in [9.17, 15) is 4.79 Å². The van der Waals surface area contributed by atoms with Gasteiger partial charge in [0, 0.05) is 19.6 Å². The van der Waals surface area contributed by atoms with Crippen LogP contribution in [0.5, 0.6) is 0 Å². The number of carbonyl (C=O) groups is 1. The Balaban J connectivity index is 1.88. The Hall–Kier alpha value is -1.01. The molecule has 0 spiro atoms. The average molecular weight is 310 g/mol. The number of amides is 1. The maximum absolute atomic E-state index is 12.4. The molecule has 1 fully saturated rings. The number of imidazole rings is 1. The molecule has 1 aliphatic rings. The number of thioether (sulfide) groups is 1. The number of carbonyl (C=O) groups excluding carboxylic acids is 1. The number of hydrogen-bond donors (Lipinski definition) is 1. The molecule has 1 aromatic heterocycles. The minimum atomic E-state index is 0.120. The molecule has 118 valence electrons. The fourth-order valence-corrected chi connectivity index (χ4v) is 3.34. The molecular weight excluding hydrogens is 284 g/mol. The van der Waals surface area contributed by atoms with Crippen LogP contribution in [0.25, 0.3) is 0 Å². The molecule has 0 bridgehead atoms. The van der Waals surface area contributed by atoms with Crippen molar-refractivity contribution in [3.8, 4) is 0 Å². The Labute approximate surface area is 131 Å². The van der Waals surface area contributed by atoms with E-state index in [1.165, 1.54) is 0 Å². The third kappa shape index (κ3) is 4.01. The highest BCUT2D eigenvalue weighted by Gasteiger charge is 2.26. The van der Waals surface area contributed by atoms with Crippen molar-refractivity contribution < 1.29 is 4.79 Å². The summed E-state index contributed by atoms with van der Waals surface area (Å²) < 4.78 is 2.03.